The third kappa shape index (κ3) is 4.88. The second-order valence-electron chi connectivity index (χ2n) is 7.81. The molecule has 0 bridgehead atoms. The summed E-state index contributed by atoms with van der Waals surface area (Å²) in [6, 6.07) is 6.05. The van der Waals surface area contributed by atoms with Crippen molar-refractivity contribution in [3.63, 3.8) is 0 Å². The van der Waals surface area contributed by atoms with Gasteiger partial charge in [-0.15, -0.1) is 0 Å². The summed E-state index contributed by atoms with van der Waals surface area (Å²) in [5, 5.41) is 0. The fourth-order valence-corrected chi connectivity index (χ4v) is 3.83. The molecule has 4 nitrogen and oxygen atoms in total. The van der Waals surface area contributed by atoms with Crippen molar-refractivity contribution >= 4 is 11.5 Å². The number of carbonyl (C=O) groups is 1. The van der Waals surface area contributed by atoms with Crippen molar-refractivity contribution in [3.8, 4) is 5.75 Å². The molecule has 0 fully saturated rings. The lowest BCUT2D eigenvalue weighted by Gasteiger charge is -2.30. The molecule has 0 aromatic heterocycles. The average molecular weight is 393 g/mol. The minimum Gasteiger partial charge on any atom is -0.496 e. The van der Waals surface area contributed by atoms with Crippen LogP contribution >= 0.6 is 0 Å². The summed E-state index contributed by atoms with van der Waals surface area (Å²) in [5.41, 5.74) is 5.54. The highest BCUT2D eigenvalue weighted by molar-refractivity contribution is 5.96. The largest absolute Gasteiger partial charge is 0.496 e. The second-order valence-corrected chi connectivity index (χ2v) is 7.81. The molecule has 1 aromatic rings. The third-order valence-electron chi connectivity index (χ3n) is 5.83. The maximum Gasteiger partial charge on any atom is 0.251 e. The lowest BCUT2D eigenvalue weighted by molar-refractivity contribution is -0.124. The SMILES string of the molecule is CCN1CC=C(C2=CN(C(=O)/C=C(\C)c3ccc(OC)c(C)c3)C(C)C=C2)CC1. The van der Waals surface area contributed by atoms with Gasteiger partial charge in [-0.05, 0) is 73.7 Å². The van der Waals surface area contributed by atoms with E-state index in [9.17, 15) is 4.79 Å². The van der Waals surface area contributed by atoms with E-state index in [1.807, 2.05) is 37.1 Å². The Morgan fingerprint density at radius 3 is 2.76 bits per heavy atom. The molecule has 154 valence electrons. The van der Waals surface area contributed by atoms with E-state index in [4.69, 9.17) is 4.74 Å². The maximum atomic E-state index is 13.0. The molecule has 1 aromatic carbocycles. The van der Waals surface area contributed by atoms with Crippen molar-refractivity contribution in [2.24, 2.45) is 0 Å². The van der Waals surface area contributed by atoms with Gasteiger partial charge in [-0.3, -0.25) is 9.69 Å². The van der Waals surface area contributed by atoms with Crippen molar-refractivity contribution in [2.75, 3.05) is 26.7 Å². The minimum atomic E-state index is 0.0110. The Bertz CT molecular complexity index is 892. The average Bonchev–Trinajstić information content (AvgIpc) is 2.74. The molecule has 0 saturated heterocycles. The molecule has 1 unspecified atom stereocenters. The highest BCUT2D eigenvalue weighted by Crippen LogP contribution is 2.26. The van der Waals surface area contributed by atoms with Gasteiger partial charge in [0, 0.05) is 25.4 Å². The van der Waals surface area contributed by atoms with Crippen LogP contribution in [0.15, 0.2) is 59.8 Å². The van der Waals surface area contributed by atoms with Crippen LogP contribution in [0.25, 0.3) is 5.57 Å². The van der Waals surface area contributed by atoms with Crippen molar-refractivity contribution < 1.29 is 9.53 Å². The fourth-order valence-electron chi connectivity index (χ4n) is 3.83. The van der Waals surface area contributed by atoms with E-state index in [2.05, 4.69) is 43.0 Å². The number of allylic oxidation sites excluding steroid dienone is 3. The summed E-state index contributed by atoms with van der Waals surface area (Å²) in [6.07, 6.45) is 11.3. The van der Waals surface area contributed by atoms with E-state index in [0.29, 0.717) is 0 Å². The highest BCUT2D eigenvalue weighted by Gasteiger charge is 2.21. The Morgan fingerprint density at radius 1 is 1.34 bits per heavy atom. The number of aryl methyl sites for hydroxylation is 1. The fraction of sp³-hybridized carbons (Fsp3) is 0.400. The molecular formula is C25H32N2O2. The van der Waals surface area contributed by atoms with Crippen LogP contribution in [-0.4, -0.2) is 48.5 Å². The van der Waals surface area contributed by atoms with Crippen molar-refractivity contribution in [2.45, 2.75) is 40.2 Å². The Kier molecular flexibility index (Phi) is 6.75. The van der Waals surface area contributed by atoms with Gasteiger partial charge in [-0.25, -0.2) is 0 Å². The number of nitrogens with zero attached hydrogens (tertiary/aromatic N) is 2. The van der Waals surface area contributed by atoms with Crippen molar-refractivity contribution in [1.82, 2.24) is 9.80 Å². The zero-order chi connectivity index (χ0) is 21.0. The van der Waals surface area contributed by atoms with Gasteiger partial charge < -0.3 is 9.64 Å². The van der Waals surface area contributed by atoms with Crippen LogP contribution in [0.3, 0.4) is 0 Å². The number of likely N-dealkylation sites (N-methyl/N-ethyl adjacent to an activating group) is 1. The molecule has 0 saturated carbocycles. The smallest absolute Gasteiger partial charge is 0.251 e. The van der Waals surface area contributed by atoms with Gasteiger partial charge in [-0.2, -0.15) is 0 Å². The molecule has 2 heterocycles. The zero-order valence-corrected chi connectivity index (χ0v) is 18.2. The van der Waals surface area contributed by atoms with Gasteiger partial charge in [0.25, 0.3) is 5.91 Å². The van der Waals surface area contributed by atoms with E-state index in [1.165, 1.54) is 5.57 Å². The molecule has 0 spiro atoms. The summed E-state index contributed by atoms with van der Waals surface area (Å²) in [5.74, 6) is 0.870. The molecule has 4 heteroatoms. The van der Waals surface area contributed by atoms with Crippen LogP contribution in [0.2, 0.25) is 0 Å². The maximum absolute atomic E-state index is 13.0. The first kappa shape index (κ1) is 21.1. The first-order valence-corrected chi connectivity index (χ1v) is 10.4. The van der Waals surface area contributed by atoms with E-state index >= 15 is 0 Å². The molecule has 2 aliphatic heterocycles. The standard InChI is InChI=1S/C25H32N2O2/c1-6-26-13-11-21(12-14-26)23-8-7-20(4)27(17-23)25(28)16-18(2)22-9-10-24(29-5)19(3)15-22/h7-11,15-17,20H,6,12-14H2,1-5H3/b18-16+. The van der Waals surface area contributed by atoms with Crippen LogP contribution in [0.4, 0.5) is 0 Å². The van der Waals surface area contributed by atoms with Crippen LogP contribution in [-0.2, 0) is 4.79 Å². The number of rotatable bonds is 5. The van der Waals surface area contributed by atoms with Crippen LogP contribution in [0, 0.1) is 6.92 Å². The normalized spacial score (nSPS) is 20.4. The van der Waals surface area contributed by atoms with E-state index < -0.39 is 0 Å². The Balaban J connectivity index is 1.79. The lowest BCUT2D eigenvalue weighted by Crippen LogP contribution is -2.34. The summed E-state index contributed by atoms with van der Waals surface area (Å²) in [6.45, 7) is 11.4. The van der Waals surface area contributed by atoms with Gasteiger partial charge in [0.15, 0.2) is 0 Å². The number of amides is 1. The van der Waals surface area contributed by atoms with Gasteiger partial charge in [0.1, 0.15) is 5.75 Å². The number of methoxy groups -OCH3 is 1. The molecule has 0 radical (unpaired) electrons. The molecular weight excluding hydrogens is 360 g/mol. The Labute approximate surface area is 174 Å². The van der Waals surface area contributed by atoms with E-state index in [1.54, 1.807) is 13.2 Å². The van der Waals surface area contributed by atoms with E-state index in [-0.39, 0.29) is 11.9 Å². The molecule has 1 amide bonds. The molecule has 0 aliphatic carbocycles. The number of carbonyl (C=O) groups excluding carboxylic acids is 1. The number of ether oxygens (including phenoxy) is 1. The van der Waals surface area contributed by atoms with Crippen molar-refractivity contribution in [1.29, 1.82) is 0 Å². The predicted molar refractivity (Wildman–Crippen MR) is 120 cm³/mol. The van der Waals surface area contributed by atoms with Crippen LogP contribution in [0.5, 0.6) is 5.75 Å². The highest BCUT2D eigenvalue weighted by atomic mass is 16.5. The first-order valence-electron chi connectivity index (χ1n) is 10.4. The number of hydrogen-bond acceptors (Lipinski definition) is 3. The second kappa shape index (κ2) is 9.27. The summed E-state index contributed by atoms with van der Waals surface area (Å²) >= 11 is 0. The predicted octanol–water partition coefficient (Wildman–Crippen LogP) is 4.73. The van der Waals surface area contributed by atoms with Gasteiger partial charge in [0.2, 0.25) is 0 Å². The topological polar surface area (TPSA) is 32.8 Å². The minimum absolute atomic E-state index is 0.0110. The first-order chi connectivity index (χ1) is 13.9. The molecule has 29 heavy (non-hydrogen) atoms. The lowest BCUT2D eigenvalue weighted by atomic mass is 9.96. The molecule has 2 aliphatic rings. The zero-order valence-electron chi connectivity index (χ0n) is 18.2. The van der Waals surface area contributed by atoms with Gasteiger partial charge in [-0.1, -0.05) is 31.2 Å². The van der Waals surface area contributed by atoms with E-state index in [0.717, 1.165) is 54.1 Å². The summed E-state index contributed by atoms with van der Waals surface area (Å²) in [7, 11) is 1.67. The van der Waals surface area contributed by atoms with Crippen LogP contribution < -0.4 is 4.74 Å². The number of hydrogen-bond donors (Lipinski definition) is 0. The van der Waals surface area contributed by atoms with Gasteiger partial charge in [0.05, 0.1) is 13.2 Å². The quantitative estimate of drug-likeness (QED) is 0.679. The van der Waals surface area contributed by atoms with Crippen molar-refractivity contribution in [3.05, 3.63) is 71.0 Å². The molecule has 1 atom stereocenters. The number of benzene rings is 1. The Hall–Kier alpha value is -2.59. The summed E-state index contributed by atoms with van der Waals surface area (Å²) in [4.78, 5) is 17.3. The molecule has 3 rings (SSSR count). The molecule has 0 N–H and O–H groups in total. The Morgan fingerprint density at radius 2 is 2.14 bits per heavy atom. The summed E-state index contributed by atoms with van der Waals surface area (Å²) < 4.78 is 5.33. The van der Waals surface area contributed by atoms with Gasteiger partial charge >= 0.3 is 0 Å². The monoisotopic (exact) mass is 392 g/mol. The van der Waals surface area contributed by atoms with Crippen LogP contribution in [0.1, 0.15) is 38.3 Å². The third-order valence-corrected chi connectivity index (χ3v) is 5.83.